The van der Waals surface area contributed by atoms with Crippen LogP contribution in [0.25, 0.3) is 0 Å². The summed E-state index contributed by atoms with van der Waals surface area (Å²) in [5.74, 6) is -1.13. The number of nitrogens with one attached hydrogen (secondary N) is 1. The number of hydrogen-bond donors (Lipinski definition) is 3. The minimum Gasteiger partial charge on any atom is -0.511 e. The van der Waals surface area contributed by atoms with Gasteiger partial charge >= 0.3 is 5.97 Å². The Morgan fingerprint density at radius 1 is 0.897 bits per heavy atom. The minimum absolute atomic E-state index is 0.00740. The van der Waals surface area contributed by atoms with Crippen LogP contribution in [0.5, 0.6) is 0 Å². The van der Waals surface area contributed by atoms with Gasteiger partial charge in [-0.1, -0.05) is 44.2 Å². The molecule has 9 rings (SSSR count). The first-order valence-corrected chi connectivity index (χ1v) is 20.0. The van der Waals surface area contributed by atoms with E-state index >= 15 is 0 Å². The van der Waals surface area contributed by atoms with E-state index in [1.807, 2.05) is 39.0 Å². The maximum absolute atomic E-state index is 13.5. The van der Waals surface area contributed by atoms with Gasteiger partial charge in [0.2, 0.25) is 0 Å². The molecule has 0 aromatic heterocycles. The number of aliphatic carboxylic acids is 1. The predicted molar refractivity (Wildman–Crippen MR) is 223 cm³/mol. The van der Waals surface area contributed by atoms with Crippen LogP contribution in [0.1, 0.15) is 105 Å². The zero-order chi connectivity index (χ0) is 40.7. The fraction of sp³-hybridized carbons (Fsp3) is 0.292. The lowest BCUT2D eigenvalue weighted by atomic mass is 9.83. The van der Waals surface area contributed by atoms with Crippen molar-refractivity contribution in [2.24, 2.45) is 26.8 Å². The SMILES string of the molecule is CCC1=C(C)C2=NC1=CC1=C(C)C3=C(O)CC(=C4NC(=CC5=NC(=C2)C([C@@H](C)OCc2ccc6c(c2)C(=O)c2ccccc2C6=O)=C5C)[C@@H](C)[C@@H]4CCC(=O)O)C3=N1. The Labute approximate surface area is 336 Å². The van der Waals surface area contributed by atoms with Crippen molar-refractivity contribution < 1.29 is 29.3 Å². The number of carbonyl (C=O) groups excluding carboxylic acids is 2. The molecule has 0 unspecified atom stereocenters. The average molecular weight is 773 g/mol. The van der Waals surface area contributed by atoms with Gasteiger partial charge in [0.1, 0.15) is 5.76 Å². The van der Waals surface area contributed by atoms with Crippen LogP contribution in [-0.4, -0.2) is 51.0 Å². The standard InChI is InChI=1S/C48H44N4O6/c1-7-28-22(2)35-20-40-43(26(6)58-21-27-12-13-32-33(16-27)48(57)31-11-9-8-10-30(31)47(32)56)24(4)37(50-40)18-36-23(3)29(14-15-42(54)55)45(51-36)34-17-41(53)44-25(5)38(52-46(34)44)19-39(28)49-35/h8-13,16,18-20,23,26,29,51,53H,7,14-15,17,21H2,1-6H3,(H,54,55)/t23-,26+,29-/m0/s1. The largest absolute Gasteiger partial charge is 0.511 e. The number of carboxylic acids is 1. The average Bonchev–Trinajstić information content (AvgIpc) is 3.97. The molecule has 2 aromatic carbocycles. The molecule has 5 heterocycles. The lowest BCUT2D eigenvalue weighted by molar-refractivity contribution is -0.137. The number of carboxylic acid groups (broad SMARTS) is 1. The molecule has 0 radical (unpaired) electrons. The zero-order valence-corrected chi connectivity index (χ0v) is 33.4. The molecule has 0 amide bonds. The number of nitrogens with zero attached hydrogens (tertiary/aromatic N) is 3. The number of aliphatic hydroxyl groups is 1. The van der Waals surface area contributed by atoms with Crippen LogP contribution in [0, 0.1) is 11.8 Å². The molecule has 5 aliphatic heterocycles. The number of fused-ring (bicyclic) bond motifs is 7. The van der Waals surface area contributed by atoms with Crippen molar-refractivity contribution in [3.63, 3.8) is 0 Å². The Kier molecular flexibility index (Phi) is 9.00. The topological polar surface area (TPSA) is 150 Å². The van der Waals surface area contributed by atoms with Crippen LogP contribution in [0.3, 0.4) is 0 Å². The second kappa shape index (κ2) is 14.0. The van der Waals surface area contributed by atoms with Crippen molar-refractivity contribution >= 4 is 34.7 Å². The van der Waals surface area contributed by atoms with Gasteiger partial charge in [-0.15, -0.1) is 0 Å². The molecule has 0 saturated carbocycles. The highest BCUT2D eigenvalue weighted by Gasteiger charge is 2.41. The second-order valence-corrected chi connectivity index (χ2v) is 16.0. The third kappa shape index (κ3) is 5.88. The first kappa shape index (κ1) is 37.3. The number of carbonyl (C=O) groups is 3. The van der Waals surface area contributed by atoms with E-state index in [0.717, 1.165) is 96.6 Å². The van der Waals surface area contributed by atoms with E-state index in [4.69, 9.17) is 19.7 Å². The molecule has 58 heavy (non-hydrogen) atoms. The number of ether oxygens (including phenoxy) is 1. The molecule has 3 N–H and O–H groups in total. The van der Waals surface area contributed by atoms with E-state index in [2.05, 4.69) is 32.2 Å². The van der Waals surface area contributed by atoms with Gasteiger partial charge in [-0.05, 0) is 98.8 Å². The summed E-state index contributed by atoms with van der Waals surface area (Å²) in [6.07, 6.45) is 7.17. The molecular formula is C48H44N4O6. The lowest BCUT2D eigenvalue weighted by Crippen LogP contribution is -2.21. The van der Waals surface area contributed by atoms with Gasteiger partial charge in [0.25, 0.3) is 0 Å². The summed E-state index contributed by atoms with van der Waals surface area (Å²) in [5, 5.41) is 24.7. The van der Waals surface area contributed by atoms with Gasteiger partial charge in [0.15, 0.2) is 11.6 Å². The van der Waals surface area contributed by atoms with Crippen LogP contribution in [0.4, 0.5) is 0 Å². The maximum atomic E-state index is 13.5. The number of ketones is 2. The van der Waals surface area contributed by atoms with Crippen molar-refractivity contribution in [3.05, 3.63) is 162 Å². The zero-order valence-electron chi connectivity index (χ0n) is 33.4. The van der Waals surface area contributed by atoms with Gasteiger partial charge in [-0.2, -0.15) is 0 Å². The molecule has 0 spiro atoms. The van der Waals surface area contributed by atoms with Crippen LogP contribution >= 0.6 is 0 Å². The van der Waals surface area contributed by atoms with Crippen LogP contribution in [-0.2, 0) is 16.1 Å². The molecule has 2 aliphatic carbocycles. The van der Waals surface area contributed by atoms with Gasteiger partial charge in [0.05, 0.1) is 46.9 Å². The van der Waals surface area contributed by atoms with E-state index in [0.29, 0.717) is 35.1 Å². The Morgan fingerprint density at radius 3 is 2.31 bits per heavy atom. The molecular weight excluding hydrogens is 729 g/mol. The molecule has 2 aromatic rings. The number of benzene rings is 2. The van der Waals surface area contributed by atoms with Gasteiger partial charge in [0, 0.05) is 75.0 Å². The number of hydrogen-bond acceptors (Lipinski definition) is 9. The highest BCUT2D eigenvalue weighted by Crippen LogP contribution is 2.46. The summed E-state index contributed by atoms with van der Waals surface area (Å²) in [7, 11) is 0. The highest BCUT2D eigenvalue weighted by molar-refractivity contribution is 6.28. The van der Waals surface area contributed by atoms with E-state index in [1.54, 1.807) is 36.4 Å². The first-order chi connectivity index (χ1) is 27.8. The van der Waals surface area contributed by atoms with E-state index < -0.39 is 12.1 Å². The van der Waals surface area contributed by atoms with E-state index in [1.165, 1.54) is 0 Å². The number of aliphatic imine (C=N–C) groups is 3. The summed E-state index contributed by atoms with van der Waals surface area (Å²) in [5.41, 5.74) is 15.3. The third-order valence-corrected chi connectivity index (χ3v) is 12.7. The molecule has 10 nitrogen and oxygen atoms in total. The molecule has 3 atom stereocenters. The Balaban J connectivity index is 1.12. The molecule has 1 fully saturated rings. The normalized spacial score (nSPS) is 22.5. The molecule has 10 heteroatoms. The van der Waals surface area contributed by atoms with Crippen LogP contribution < -0.4 is 5.32 Å². The van der Waals surface area contributed by atoms with Gasteiger partial charge in [-0.25, -0.2) is 15.0 Å². The minimum atomic E-state index is -0.857. The molecule has 292 valence electrons. The Hall–Kier alpha value is -6.26. The summed E-state index contributed by atoms with van der Waals surface area (Å²) >= 11 is 0. The van der Waals surface area contributed by atoms with Gasteiger partial charge < -0.3 is 20.3 Å². The van der Waals surface area contributed by atoms with E-state index in [-0.39, 0.29) is 42.2 Å². The van der Waals surface area contributed by atoms with Crippen molar-refractivity contribution in [1.82, 2.24) is 5.32 Å². The fourth-order valence-corrected chi connectivity index (χ4v) is 9.46. The Morgan fingerprint density at radius 2 is 1.59 bits per heavy atom. The third-order valence-electron chi connectivity index (χ3n) is 12.7. The Bertz CT molecular complexity index is 2690. The monoisotopic (exact) mass is 772 g/mol. The lowest BCUT2D eigenvalue weighted by Gasteiger charge is -2.20. The first-order valence-electron chi connectivity index (χ1n) is 20.0. The highest BCUT2D eigenvalue weighted by atomic mass is 16.5. The number of aliphatic hydroxyl groups excluding tert-OH is 1. The fourth-order valence-electron chi connectivity index (χ4n) is 9.46. The van der Waals surface area contributed by atoms with Crippen molar-refractivity contribution in [3.8, 4) is 0 Å². The van der Waals surface area contributed by atoms with Crippen molar-refractivity contribution in [2.45, 2.75) is 79.9 Å². The quantitative estimate of drug-likeness (QED) is 0.207. The van der Waals surface area contributed by atoms with Crippen LogP contribution in [0.15, 0.2) is 149 Å². The maximum Gasteiger partial charge on any atom is 0.303 e. The molecule has 7 aliphatic rings. The molecule has 8 bridgehead atoms. The second-order valence-electron chi connectivity index (χ2n) is 16.0. The smallest absolute Gasteiger partial charge is 0.303 e. The number of allylic oxidation sites excluding steroid dienone is 11. The summed E-state index contributed by atoms with van der Waals surface area (Å²) < 4.78 is 6.59. The van der Waals surface area contributed by atoms with Crippen LogP contribution in [0.2, 0.25) is 0 Å². The molecule has 1 saturated heterocycles. The summed E-state index contributed by atoms with van der Waals surface area (Å²) in [6.45, 7) is 12.5. The predicted octanol–water partition coefficient (Wildman–Crippen LogP) is 8.90. The summed E-state index contributed by atoms with van der Waals surface area (Å²) in [6, 6.07) is 12.3. The van der Waals surface area contributed by atoms with E-state index in [9.17, 15) is 24.6 Å². The van der Waals surface area contributed by atoms with Gasteiger partial charge in [-0.3, -0.25) is 14.4 Å². The van der Waals surface area contributed by atoms with Crippen molar-refractivity contribution in [1.29, 1.82) is 0 Å². The number of rotatable bonds is 8. The summed E-state index contributed by atoms with van der Waals surface area (Å²) in [4.78, 5) is 54.1. The van der Waals surface area contributed by atoms with Crippen molar-refractivity contribution in [2.75, 3.05) is 0 Å².